The van der Waals surface area contributed by atoms with E-state index < -0.39 is 26.3 Å². The fourth-order valence-electron chi connectivity index (χ4n) is 0.139. The van der Waals surface area contributed by atoms with Crippen molar-refractivity contribution in [3.8, 4) is 0 Å². The van der Waals surface area contributed by atoms with Crippen LogP contribution in [-0.2, 0) is 47.6 Å². The summed E-state index contributed by atoms with van der Waals surface area (Å²) in [5.41, 5.74) is 0. The van der Waals surface area contributed by atoms with Crippen molar-refractivity contribution in [1.29, 1.82) is 0 Å². The second kappa shape index (κ2) is 1.34. The van der Waals surface area contributed by atoms with Crippen LogP contribution in [0, 0.1) is 0 Å². The van der Waals surface area contributed by atoms with Crippen molar-refractivity contribution in [3.63, 3.8) is 0 Å². The summed E-state index contributed by atoms with van der Waals surface area (Å²) in [5, 5.41) is 0. The molecule has 1 heterocycles. The topological polar surface area (TPSA) is 86.7 Å². The summed E-state index contributed by atoms with van der Waals surface area (Å²) in [6.45, 7) is 0. The molecule has 8 heteroatoms. The van der Waals surface area contributed by atoms with Crippen LogP contribution in [0.5, 0.6) is 0 Å². The van der Waals surface area contributed by atoms with Gasteiger partial charge in [0.15, 0.2) is 0 Å². The van der Waals surface area contributed by atoms with Crippen molar-refractivity contribution < 1.29 is 47.6 Å². The molecule has 6 nitrogen and oxygen atoms in total. The third-order valence-corrected chi connectivity index (χ3v) is 3.78. The summed E-state index contributed by atoms with van der Waals surface area (Å²) in [6, 6.07) is 0. The number of rotatable bonds is 0. The van der Waals surface area contributed by atoms with E-state index in [2.05, 4.69) is 5.92 Å². The Labute approximate surface area is 48.1 Å². The molecule has 0 aliphatic carbocycles. The quantitative estimate of drug-likeness (QED) is 0.534. The molecule has 0 atom stereocenters. The van der Waals surface area contributed by atoms with Crippen LogP contribution in [0.25, 0.3) is 0 Å². The Kier molecular flexibility index (Phi) is 1.05. The van der Waals surface area contributed by atoms with Crippen molar-refractivity contribution in [2.75, 3.05) is 0 Å². The van der Waals surface area contributed by atoms with E-state index in [0.717, 1.165) is 0 Å². The molecule has 0 saturated carbocycles. The third-order valence-electron chi connectivity index (χ3n) is 0.222. The van der Waals surface area contributed by atoms with E-state index in [-0.39, 0.29) is 0 Å². The minimum absolute atomic E-state index is 3.29. The van der Waals surface area contributed by atoms with E-state index in [1.807, 2.05) is 0 Å². The van der Waals surface area contributed by atoms with Crippen molar-refractivity contribution >= 4 is 0 Å². The number of hydrogen-bond acceptors (Lipinski definition) is 6. The van der Waals surface area contributed by atoms with E-state index in [4.69, 9.17) is 0 Å². The molecule has 0 N–H and O–H groups in total. The second-order valence-corrected chi connectivity index (χ2v) is 4.29. The minimum atomic E-state index is -4.40. The van der Waals surface area contributed by atoms with Gasteiger partial charge in [0.1, 0.15) is 0 Å². The Morgan fingerprint density at radius 3 is 1.00 bits per heavy atom. The van der Waals surface area contributed by atoms with E-state index in [1.165, 1.54) is 0 Å². The van der Waals surface area contributed by atoms with Gasteiger partial charge < -0.3 is 0 Å². The van der Waals surface area contributed by atoms with Gasteiger partial charge in [-0.1, -0.05) is 0 Å². The van der Waals surface area contributed by atoms with Gasteiger partial charge in [0.2, 0.25) is 0 Å². The van der Waals surface area contributed by atoms with Crippen molar-refractivity contribution in [2.45, 2.75) is 0 Å². The zero-order chi connectivity index (χ0) is 6.41. The molecule has 0 unspecified atom stereocenters. The molecule has 8 heavy (non-hydrogen) atoms. The van der Waals surface area contributed by atoms with Gasteiger partial charge in [0.25, 0.3) is 0 Å². The summed E-state index contributed by atoms with van der Waals surface area (Å²) in [7, 11) is 0. The molecule has 1 rings (SSSR count). The van der Waals surface area contributed by atoms with E-state index in [0.29, 0.717) is 0 Å². The first kappa shape index (κ1) is 6.26. The maximum atomic E-state index is 9.71. The average Bonchev–Trinajstić information content (AvgIpc) is 1.20. The second-order valence-electron chi connectivity index (χ2n) is 0.757. The Balaban J connectivity index is 3.00. The van der Waals surface area contributed by atoms with Crippen molar-refractivity contribution in [3.05, 3.63) is 0 Å². The molecule has 1 aliphatic rings. The molecular formula is Co2O6. The monoisotopic (exact) mass is 214 g/mol. The summed E-state index contributed by atoms with van der Waals surface area (Å²) >= 11 is -8.80. The summed E-state index contributed by atoms with van der Waals surface area (Å²) in [4.78, 5) is 0. The van der Waals surface area contributed by atoms with Crippen molar-refractivity contribution in [1.82, 2.24) is 0 Å². The zero-order valence-electron chi connectivity index (χ0n) is 3.12. The first-order valence-electron chi connectivity index (χ1n) is 1.09. The van der Waals surface area contributed by atoms with Gasteiger partial charge in [-0.3, -0.25) is 0 Å². The fraction of sp³-hybridized carbons (Fsp3) is 0. The van der Waals surface area contributed by atoms with Crippen LogP contribution in [0.15, 0.2) is 0 Å². The van der Waals surface area contributed by atoms with Crippen LogP contribution in [0.3, 0.4) is 0 Å². The number of hydrogen-bond donors (Lipinski definition) is 0. The van der Waals surface area contributed by atoms with Crippen LogP contribution in [0.2, 0.25) is 0 Å². The van der Waals surface area contributed by atoms with Crippen LogP contribution in [0.4, 0.5) is 0 Å². The van der Waals surface area contributed by atoms with Gasteiger partial charge >= 0.3 is 47.6 Å². The van der Waals surface area contributed by atoms with Crippen LogP contribution in [0.1, 0.15) is 0 Å². The predicted molar refractivity (Wildman–Crippen MR) is 4.92 cm³/mol. The van der Waals surface area contributed by atoms with Gasteiger partial charge in [-0.15, -0.1) is 0 Å². The van der Waals surface area contributed by atoms with Crippen molar-refractivity contribution in [2.24, 2.45) is 0 Å². The molecule has 0 bridgehead atoms. The molecule has 1 aliphatic heterocycles. The molecule has 0 spiro atoms. The molecule has 0 aromatic carbocycles. The molecule has 1 saturated heterocycles. The van der Waals surface area contributed by atoms with E-state index in [9.17, 15) is 15.5 Å². The average molecular weight is 214 g/mol. The normalized spacial score (nSPS) is 39.0. The molecule has 54 valence electrons. The van der Waals surface area contributed by atoms with Crippen LogP contribution in [-0.4, -0.2) is 0 Å². The first-order valence-corrected chi connectivity index (χ1v) is 4.49. The van der Waals surface area contributed by atoms with Crippen LogP contribution >= 0.6 is 0 Å². The van der Waals surface area contributed by atoms with Gasteiger partial charge in [-0.25, -0.2) is 0 Å². The third kappa shape index (κ3) is 1.10. The molecular weight excluding hydrogens is 214 g/mol. The Morgan fingerprint density at radius 2 is 1.00 bits per heavy atom. The summed E-state index contributed by atoms with van der Waals surface area (Å²) < 4.78 is 45.4. The SMILES string of the molecule is [O]=[Co]1(=[O])[O][Co](=[O])(=[O])[O]1. The van der Waals surface area contributed by atoms with Gasteiger partial charge in [-0.2, -0.15) is 0 Å². The summed E-state index contributed by atoms with van der Waals surface area (Å²) in [6.07, 6.45) is 0. The fourth-order valence-corrected chi connectivity index (χ4v) is 2.37. The van der Waals surface area contributed by atoms with E-state index in [1.54, 1.807) is 0 Å². The Bertz CT molecular complexity index is 226. The van der Waals surface area contributed by atoms with Gasteiger partial charge in [0.05, 0.1) is 0 Å². The van der Waals surface area contributed by atoms with Gasteiger partial charge in [0, 0.05) is 0 Å². The van der Waals surface area contributed by atoms with Crippen LogP contribution < -0.4 is 0 Å². The molecule has 0 amide bonds. The first-order chi connectivity index (χ1) is 3.41. The standard InChI is InChI=1S/2Co.6O. The van der Waals surface area contributed by atoms with Gasteiger partial charge in [-0.05, 0) is 0 Å². The molecule has 0 aromatic rings. The molecule has 0 radical (unpaired) electrons. The summed E-state index contributed by atoms with van der Waals surface area (Å²) in [5.74, 6) is 0. The Morgan fingerprint density at radius 1 is 0.750 bits per heavy atom. The van der Waals surface area contributed by atoms with E-state index >= 15 is 0 Å². The predicted octanol–water partition coefficient (Wildman–Crippen LogP) is -0.617. The zero-order valence-corrected chi connectivity index (χ0v) is 5.20. The molecule has 0 aromatic heterocycles. The maximum absolute atomic E-state index is 9.71. The Hall–Kier alpha value is 0.133. The molecule has 1 fully saturated rings.